The number of aromatic hydroxyl groups is 1. The summed E-state index contributed by atoms with van der Waals surface area (Å²) in [5, 5.41) is 9.82. The van der Waals surface area contributed by atoms with Crippen LogP contribution in [0.4, 0.5) is 8.78 Å². The van der Waals surface area contributed by atoms with Crippen molar-refractivity contribution < 1.29 is 13.9 Å². The zero-order valence-electron chi connectivity index (χ0n) is 15.0. The molecule has 1 aromatic rings. The highest BCUT2D eigenvalue weighted by molar-refractivity contribution is 5.82. The van der Waals surface area contributed by atoms with Crippen molar-refractivity contribution in [3.05, 3.63) is 35.0 Å². The van der Waals surface area contributed by atoms with Crippen molar-refractivity contribution in [1.29, 1.82) is 0 Å². The molecule has 6 nitrogen and oxygen atoms in total. The predicted octanol–water partition coefficient (Wildman–Crippen LogP) is 1.66. The molecular weight excluding hydrogens is 340 g/mol. The molecule has 0 amide bonds. The molecule has 0 bridgehead atoms. The molecule has 2 aliphatic rings. The highest BCUT2D eigenvalue weighted by Crippen LogP contribution is 2.32. The maximum Gasteiger partial charge on any atom is 0.196 e. The molecule has 5 N–H and O–H groups in total. The van der Waals surface area contributed by atoms with Gasteiger partial charge in [-0.2, -0.15) is 0 Å². The number of hydrogen-bond donors (Lipinski definition) is 3. The van der Waals surface area contributed by atoms with Crippen LogP contribution in [-0.4, -0.2) is 53.6 Å². The second-order valence-electron chi connectivity index (χ2n) is 7.11. The summed E-state index contributed by atoms with van der Waals surface area (Å²) in [6.07, 6.45) is 2.21. The van der Waals surface area contributed by atoms with Crippen LogP contribution < -0.4 is 11.5 Å². The zero-order valence-corrected chi connectivity index (χ0v) is 15.0. The van der Waals surface area contributed by atoms with Crippen LogP contribution >= 0.6 is 0 Å². The lowest BCUT2D eigenvalue weighted by atomic mass is 9.92. The van der Waals surface area contributed by atoms with Gasteiger partial charge in [0, 0.05) is 30.8 Å². The maximum atomic E-state index is 13.6. The summed E-state index contributed by atoms with van der Waals surface area (Å²) >= 11 is 0. The first-order valence-corrected chi connectivity index (χ1v) is 8.72. The van der Waals surface area contributed by atoms with E-state index in [1.165, 1.54) is 0 Å². The van der Waals surface area contributed by atoms with E-state index >= 15 is 0 Å². The Morgan fingerprint density at radius 3 is 2.65 bits per heavy atom. The molecule has 8 heteroatoms. The van der Waals surface area contributed by atoms with E-state index in [9.17, 15) is 13.9 Å². The Hall–Kier alpha value is -2.35. The third kappa shape index (κ3) is 3.46. The second kappa shape index (κ2) is 7.11. The van der Waals surface area contributed by atoms with E-state index in [1.807, 2.05) is 0 Å². The number of benzene rings is 1. The van der Waals surface area contributed by atoms with Gasteiger partial charge in [0.05, 0.1) is 11.4 Å². The molecule has 3 rings (SSSR count). The van der Waals surface area contributed by atoms with Crippen LogP contribution in [0, 0.1) is 17.6 Å². The van der Waals surface area contributed by atoms with Gasteiger partial charge < -0.3 is 26.4 Å². The first-order valence-electron chi connectivity index (χ1n) is 8.72. The SMILES string of the molecule is C/C(N=C(N)N1CCC2CCN(C)CC21)=C(/N)c1cc(F)cc(F)c1O. The number of halogens is 2. The third-order valence-electron chi connectivity index (χ3n) is 5.35. The first-order chi connectivity index (χ1) is 12.3. The molecular formula is C18H25F2N5O. The molecule has 0 spiro atoms. The largest absolute Gasteiger partial charge is 0.504 e. The van der Waals surface area contributed by atoms with Gasteiger partial charge in [-0.1, -0.05) is 0 Å². The summed E-state index contributed by atoms with van der Waals surface area (Å²) in [6.45, 7) is 4.44. The predicted molar refractivity (Wildman–Crippen MR) is 97.1 cm³/mol. The number of likely N-dealkylation sites (N-methyl/N-ethyl adjacent to an activating group) is 1. The Balaban J connectivity index is 1.87. The summed E-state index contributed by atoms with van der Waals surface area (Å²) in [5.41, 5.74) is 12.3. The van der Waals surface area contributed by atoms with Crippen LogP contribution in [0.15, 0.2) is 22.8 Å². The van der Waals surface area contributed by atoms with Gasteiger partial charge in [-0.3, -0.25) is 0 Å². The van der Waals surface area contributed by atoms with Crippen LogP contribution in [0.25, 0.3) is 5.70 Å². The van der Waals surface area contributed by atoms with Crippen LogP contribution in [0.2, 0.25) is 0 Å². The molecule has 2 fully saturated rings. The van der Waals surface area contributed by atoms with E-state index in [2.05, 4.69) is 21.8 Å². The summed E-state index contributed by atoms with van der Waals surface area (Å²) in [7, 11) is 2.09. The van der Waals surface area contributed by atoms with E-state index in [0.717, 1.165) is 38.5 Å². The molecule has 2 saturated heterocycles. The van der Waals surface area contributed by atoms with Crippen molar-refractivity contribution in [2.75, 3.05) is 26.7 Å². The smallest absolute Gasteiger partial charge is 0.196 e. The fourth-order valence-electron chi connectivity index (χ4n) is 3.85. The topological polar surface area (TPSA) is 91.1 Å². The Morgan fingerprint density at radius 1 is 1.23 bits per heavy atom. The number of hydrogen-bond acceptors (Lipinski definition) is 4. The van der Waals surface area contributed by atoms with E-state index in [1.54, 1.807) is 6.92 Å². The molecule has 0 saturated carbocycles. The van der Waals surface area contributed by atoms with Crippen LogP contribution in [0.3, 0.4) is 0 Å². The molecule has 0 radical (unpaired) electrons. The Labute approximate surface area is 151 Å². The van der Waals surface area contributed by atoms with Gasteiger partial charge in [0.1, 0.15) is 5.82 Å². The summed E-state index contributed by atoms with van der Waals surface area (Å²) in [6, 6.07) is 1.89. The number of fused-ring (bicyclic) bond motifs is 1. The second-order valence-corrected chi connectivity index (χ2v) is 7.11. The standard InChI is InChI=1S/C18H25F2N5O/c1-10(16(21)13-7-12(19)8-14(20)17(13)26)23-18(22)25-6-4-11-3-5-24(2)9-15(11)25/h7-8,11,15,26H,3-6,9,21H2,1-2H3,(H2,22,23)/b16-10-. The van der Waals surface area contributed by atoms with Crippen LogP contribution in [0.1, 0.15) is 25.3 Å². The summed E-state index contributed by atoms with van der Waals surface area (Å²) < 4.78 is 27.0. The number of likely N-dealkylation sites (tertiary alicyclic amines) is 2. The van der Waals surface area contributed by atoms with E-state index in [4.69, 9.17) is 11.5 Å². The highest BCUT2D eigenvalue weighted by atomic mass is 19.1. The minimum Gasteiger partial charge on any atom is -0.504 e. The monoisotopic (exact) mass is 365 g/mol. The lowest BCUT2D eigenvalue weighted by Crippen LogP contribution is -2.50. The van der Waals surface area contributed by atoms with E-state index in [-0.39, 0.29) is 11.3 Å². The van der Waals surface area contributed by atoms with E-state index in [0.29, 0.717) is 29.7 Å². The fraction of sp³-hybridized carbons (Fsp3) is 0.500. The molecule has 2 atom stereocenters. The minimum absolute atomic E-state index is 0.0136. The highest BCUT2D eigenvalue weighted by Gasteiger charge is 2.38. The number of rotatable bonds is 2. The average molecular weight is 365 g/mol. The number of allylic oxidation sites excluding steroid dienone is 1. The molecule has 0 aromatic heterocycles. The van der Waals surface area contributed by atoms with E-state index < -0.39 is 17.4 Å². The molecule has 26 heavy (non-hydrogen) atoms. The fourth-order valence-corrected chi connectivity index (χ4v) is 3.85. The van der Waals surface area contributed by atoms with Crippen molar-refractivity contribution in [2.24, 2.45) is 22.4 Å². The summed E-state index contributed by atoms with van der Waals surface area (Å²) in [5.74, 6) is -1.66. The molecule has 1 aromatic carbocycles. The number of guanidine groups is 1. The number of nitrogens with two attached hydrogens (primary N) is 2. The van der Waals surface area contributed by atoms with Crippen molar-refractivity contribution in [3.63, 3.8) is 0 Å². The quantitative estimate of drug-likeness (QED) is 0.548. The first kappa shape index (κ1) is 18.4. The van der Waals surface area contributed by atoms with Crippen molar-refractivity contribution in [3.8, 4) is 5.75 Å². The minimum atomic E-state index is -1.07. The van der Waals surface area contributed by atoms with Crippen LogP contribution in [-0.2, 0) is 0 Å². The lowest BCUT2D eigenvalue weighted by Gasteiger charge is -2.37. The van der Waals surface area contributed by atoms with Gasteiger partial charge in [0.15, 0.2) is 17.5 Å². The number of piperidine rings is 1. The molecule has 2 aliphatic heterocycles. The van der Waals surface area contributed by atoms with Gasteiger partial charge in [-0.05, 0) is 45.3 Å². The lowest BCUT2D eigenvalue weighted by molar-refractivity contribution is 0.160. The number of aliphatic imine (C=N–C) groups is 1. The Kier molecular flexibility index (Phi) is 5.04. The Bertz CT molecular complexity index is 764. The Morgan fingerprint density at radius 2 is 1.92 bits per heavy atom. The van der Waals surface area contributed by atoms with Gasteiger partial charge in [0.2, 0.25) is 0 Å². The molecule has 2 unspecified atom stereocenters. The third-order valence-corrected chi connectivity index (χ3v) is 5.35. The van der Waals surface area contributed by atoms with Crippen LogP contribution in [0.5, 0.6) is 5.75 Å². The summed E-state index contributed by atoms with van der Waals surface area (Å²) in [4.78, 5) is 8.70. The van der Waals surface area contributed by atoms with Gasteiger partial charge in [-0.15, -0.1) is 0 Å². The molecule has 0 aliphatic carbocycles. The maximum absolute atomic E-state index is 13.6. The van der Waals surface area contributed by atoms with Crippen molar-refractivity contribution in [1.82, 2.24) is 9.80 Å². The molecule has 2 heterocycles. The van der Waals surface area contributed by atoms with Gasteiger partial charge in [-0.25, -0.2) is 13.8 Å². The average Bonchev–Trinajstić information content (AvgIpc) is 3.00. The van der Waals surface area contributed by atoms with Crippen molar-refractivity contribution in [2.45, 2.75) is 25.8 Å². The van der Waals surface area contributed by atoms with Gasteiger partial charge >= 0.3 is 0 Å². The van der Waals surface area contributed by atoms with Gasteiger partial charge in [0.25, 0.3) is 0 Å². The normalized spacial score (nSPS) is 25.2. The van der Waals surface area contributed by atoms with Crippen molar-refractivity contribution >= 4 is 11.7 Å². The number of phenolic OH excluding ortho intramolecular Hbond substituents is 1. The number of nitrogens with zero attached hydrogens (tertiary/aromatic N) is 3. The zero-order chi connectivity index (χ0) is 19.0. The molecule has 142 valence electrons. The number of phenols is 1.